The van der Waals surface area contributed by atoms with E-state index in [0.717, 1.165) is 12.8 Å². The van der Waals surface area contributed by atoms with E-state index in [4.69, 9.17) is 11.6 Å². The lowest BCUT2D eigenvalue weighted by Gasteiger charge is -2.20. The molecule has 0 spiro atoms. The molecule has 0 fully saturated rings. The summed E-state index contributed by atoms with van der Waals surface area (Å²) in [5.74, 6) is -0.198. The fourth-order valence-corrected chi connectivity index (χ4v) is 2.09. The highest BCUT2D eigenvalue weighted by atomic mass is 35.5. The number of aliphatic hydroxyl groups excluding tert-OH is 1. The first kappa shape index (κ1) is 13.5. The van der Waals surface area contributed by atoms with Gasteiger partial charge in [-0.2, -0.15) is 0 Å². The monoisotopic (exact) mass is 244 g/mol. The van der Waals surface area contributed by atoms with E-state index in [9.17, 15) is 9.50 Å². The van der Waals surface area contributed by atoms with Crippen LogP contribution >= 0.6 is 11.6 Å². The van der Waals surface area contributed by atoms with Gasteiger partial charge in [0.25, 0.3) is 0 Å². The molecular weight excluding hydrogens is 227 g/mol. The van der Waals surface area contributed by atoms with Crippen LogP contribution in [0, 0.1) is 18.7 Å². The van der Waals surface area contributed by atoms with Crippen LogP contribution in [-0.2, 0) is 0 Å². The van der Waals surface area contributed by atoms with Crippen molar-refractivity contribution in [3.8, 4) is 0 Å². The van der Waals surface area contributed by atoms with Crippen molar-refractivity contribution in [2.24, 2.45) is 5.92 Å². The van der Waals surface area contributed by atoms with Crippen LogP contribution in [0.4, 0.5) is 4.39 Å². The van der Waals surface area contributed by atoms with Crippen LogP contribution in [0.15, 0.2) is 12.1 Å². The van der Waals surface area contributed by atoms with Gasteiger partial charge in [0.2, 0.25) is 0 Å². The van der Waals surface area contributed by atoms with E-state index in [1.54, 1.807) is 13.0 Å². The van der Waals surface area contributed by atoms with Crippen molar-refractivity contribution in [1.29, 1.82) is 0 Å². The highest BCUT2D eigenvalue weighted by Crippen LogP contribution is 2.32. The SMILES string of the molecule is CCCC(C)C(O)c1cc(C)c(F)cc1Cl. The smallest absolute Gasteiger partial charge is 0.127 e. The molecule has 0 aliphatic carbocycles. The maximum atomic E-state index is 13.2. The maximum Gasteiger partial charge on any atom is 0.127 e. The number of hydrogen-bond acceptors (Lipinski definition) is 1. The second-order valence-corrected chi connectivity index (χ2v) is 4.74. The topological polar surface area (TPSA) is 20.2 Å². The summed E-state index contributed by atoms with van der Waals surface area (Å²) in [5.41, 5.74) is 1.14. The Morgan fingerprint density at radius 2 is 2.06 bits per heavy atom. The molecule has 0 radical (unpaired) electrons. The summed E-state index contributed by atoms with van der Waals surface area (Å²) in [6.07, 6.45) is 1.32. The largest absolute Gasteiger partial charge is 0.388 e. The third kappa shape index (κ3) is 2.96. The quantitative estimate of drug-likeness (QED) is 0.839. The first-order valence-corrected chi connectivity index (χ1v) is 5.98. The summed E-state index contributed by atoms with van der Waals surface area (Å²) in [5, 5.41) is 10.4. The van der Waals surface area contributed by atoms with Crippen LogP contribution < -0.4 is 0 Å². The Morgan fingerprint density at radius 1 is 1.44 bits per heavy atom. The van der Waals surface area contributed by atoms with Crippen LogP contribution in [0.3, 0.4) is 0 Å². The van der Waals surface area contributed by atoms with E-state index >= 15 is 0 Å². The zero-order valence-corrected chi connectivity index (χ0v) is 10.7. The van der Waals surface area contributed by atoms with Crippen molar-refractivity contribution in [2.75, 3.05) is 0 Å². The highest BCUT2D eigenvalue weighted by Gasteiger charge is 2.19. The molecule has 1 rings (SSSR count). The minimum Gasteiger partial charge on any atom is -0.388 e. The maximum absolute atomic E-state index is 13.2. The van der Waals surface area contributed by atoms with E-state index in [1.165, 1.54) is 6.07 Å². The summed E-state index contributed by atoms with van der Waals surface area (Å²) in [6.45, 7) is 5.72. The van der Waals surface area contributed by atoms with Gasteiger partial charge in [-0.1, -0.05) is 31.9 Å². The van der Waals surface area contributed by atoms with Crippen LogP contribution in [0.25, 0.3) is 0 Å². The summed E-state index contributed by atoms with van der Waals surface area (Å²) in [7, 11) is 0. The van der Waals surface area contributed by atoms with Gasteiger partial charge < -0.3 is 5.11 Å². The molecule has 1 N–H and O–H groups in total. The fraction of sp³-hybridized carbons (Fsp3) is 0.538. The van der Waals surface area contributed by atoms with Crippen molar-refractivity contribution in [3.63, 3.8) is 0 Å². The average molecular weight is 245 g/mol. The van der Waals surface area contributed by atoms with E-state index < -0.39 is 6.10 Å². The summed E-state index contributed by atoms with van der Waals surface area (Å²) < 4.78 is 13.2. The first-order valence-electron chi connectivity index (χ1n) is 5.61. The zero-order chi connectivity index (χ0) is 12.3. The molecule has 0 aliphatic heterocycles. The Bertz CT molecular complexity index is 365. The second-order valence-electron chi connectivity index (χ2n) is 4.33. The van der Waals surface area contributed by atoms with Gasteiger partial charge in [-0.15, -0.1) is 0 Å². The molecule has 0 saturated heterocycles. The van der Waals surface area contributed by atoms with Gasteiger partial charge in [0.05, 0.1) is 6.10 Å². The zero-order valence-electron chi connectivity index (χ0n) is 9.93. The Labute approximate surface area is 101 Å². The minimum absolute atomic E-state index is 0.132. The molecule has 1 aromatic carbocycles. The lowest BCUT2D eigenvalue weighted by molar-refractivity contribution is 0.112. The Morgan fingerprint density at radius 3 is 2.62 bits per heavy atom. The third-order valence-corrected chi connectivity index (χ3v) is 3.21. The van der Waals surface area contributed by atoms with Gasteiger partial charge in [-0.3, -0.25) is 0 Å². The molecule has 0 saturated carbocycles. The molecule has 0 heterocycles. The van der Waals surface area contributed by atoms with Crippen LogP contribution in [0.2, 0.25) is 5.02 Å². The molecule has 2 atom stereocenters. The van der Waals surface area contributed by atoms with Gasteiger partial charge >= 0.3 is 0 Å². The summed E-state index contributed by atoms with van der Waals surface area (Å²) in [4.78, 5) is 0. The van der Waals surface area contributed by atoms with Crippen molar-refractivity contribution in [1.82, 2.24) is 0 Å². The fourth-order valence-electron chi connectivity index (χ4n) is 1.83. The van der Waals surface area contributed by atoms with Gasteiger partial charge in [-0.05, 0) is 42.5 Å². The van der Waals surface area contributed by atoms with E-state index in [2.05, 4.69) is 6.92 Å². The normalized spacial score (nSPS) is 14.9. The molecule has 1 aromatic rings. The molecule has 16 heavy (non-hydrogen) atoms. The molecule has 90 valence electrons. The van der Waals surface area contributed by atoms with Crippen molar-refractivity contribution >= 4 is 11.6 Å². The molecule has 2 unspecified atom stereocenters. The van der Waals surface area contributed by atoms with Crippen molar-refractivity contribution in [3.05, 3.63) is 34.1 Å². The average Bonchev–Trinajstić information content (AvgIpc) is 2.23. The number of halogens is 2. The lowest BCUT2D eigenvalue weighted by Crippen LogP contribution is -2.10. The Kier molecular flexibility index (Phi) is 4.75. The standard InChI is InChI=1S/C13H18ClFO/c1-4-5-8(2)13(16)10-6-9(3)12(15)7-11(10)14/h6-8,13,16H,4-5H2,1-3H3. The van der Waals surface area contributed by atoms with Crippen LogP contribution in [0.1, 0.15) is 43.9 Å². The molecule has 0 aromatic heterocycles. The van der Waals surface area contributed by atoms with E-state index in [0.29, 0.717) is 16.1 Å². The predicted molar refractivity (Wildman–Crippen MR) is 65.2 cm³/mol. The van der Waals surface area contributed by atoms with Gasteiger partial charge in [-0.25, -0.2) is 4.39 Å². The number of benzene rings is 1. The number of aryl methyl sites for hydroxylation is 1. The number of rotatable bonds is 4. The summed E-state index contributed by atoms with van der Waals surface area (Å²) >= 11 is 5.94. The highest BCUT2D eigenvalue weighted by molar-refractivity contribution is 6.31. The van der Waals surface area contributed by atoms with Crippen molar-refractivity contribution in [2.45, 2.75) is 39.7 Å². The third-order valence-electron chi connectivity index (χ3n) is 2.88. The Hall–Kier alpha value is -0.600. The van der Waals surface area contributed by atoms with Gasteiger partial charge in [0.15, 0.2) is 0 Å². The molecule has 3 heteroatoms. The van der Waals surface area contributed by atoms with E-state index in [1.807, 2.05) is 6.92 Å². The predicted octanol–water partition coefficient (Wildman–Crippen LogP) is 4.26. The number of aliphatic hydroxyl groups is 1. The van der Waals surface area contributed by atoms with Crippen molar-refractivity contribution < 1.29 is 9.50 Å². The molecule has 1 nitrogen and oxygen atoms in total. The molecule has 0 aliphatic rings. The van der Waals surface area contributed by atoms with Gasteiger partial charge in [0.1, 0.15) is 5.82 Å². The molecule has 0 amide bonds. The lowest BCUT2D eigenvalue weighted by atomic mass is 9.93. The first-order chi connectivity index (χ1) is 7.47. The Balaban J connectivity index is 2.99. The summed E-state index contributed by atoms with van der Waals surface area (Å²) in [6, 6.07) is 2.91. The van der Waals surface area contributed by atoms with Crippen LogP contribution in [-0.4, -0.2) is 5.11 Å². The number of hydrogen-bond donors (Lipinski definition) is 1. The van der Waals surface area contributed by atoms with Crippen LogP contribution in [0.5, 0.6) is 0 Å². The minimum atomic E-state index is -0.619. The molecular formula is C13H18ClFO. The molecule has 0 bridgehead atoms. The van der Waals surface area contributed by atoms with Gasteiger partial charge in [0, 0.05) is 5.02 Å². The second kappa shape index (κ2) is 5.65. The van der Waals surface area contributed by atoms with E-state index in [-0.39, 0.29) is 11.7 Å².